The second kappa shape index (κ2) is 4.66. The van der Waals surface area contributed by atoms with Gasteiger partial charge in [0, 0.05) is 18.1 Å². The molecule has 2 N–H and O–H groups in total. The Balaban J connectivity index is 1.98. The third-order valence-electron chi connectivity index (χ3n) is 4.67. The van der Waals surface area contributed by atoms with Crippen molar-refractivity contribution in [2.75, 3.05) is 13.1 Å². The molecule has 0 unspecified atom stereocenters. The molecule has 2 nitrogen and oxygen atoms in total. The Morgan fingerprint density at radius 2 is 1.94 bits per heavy atom. The monoisotopic (exact) mass is 224 g/mol. The van der Waals surface area contributed by atoms with Crippen LogP contribution < -0.4 is 5.73 Å². The smallest absolute Gasteiger partial charge is 0.0340 e. The summed E-state index contributed by atoms with van der Waals surface area (Å²) >= 11 is 0. The topological polar surface area (TPSA) is 29.3 Å². The van der Waals surface area contributed by atoms with E-state index in [1.807, 2.05) is 0 Å². The standard InChI is InChI=1S/C14H28N2/c1-4-7-16(13-5-6-13)14(10-15)8-12(9-14)11(2)3/h11-13H,4-10,15H2,1-3H3. The summed E-state index contributed by atoms with van der Waals surface area (Å²) < 4.78 is 0. The van der Waals surface area contributed by atoms with Gasteiger partial charge in [0.15, 0.2) is 0 Å². The lowest BCUT2D eigenvalue weighted by molar-refractivity contribution is -0.0405. The van der Waals surface area contributed by atoms with Gasteiger partial charge >= 0.3 is 0 Å². The molecule has 0 aromatic heterocycles. The van der Waals surface area contributed by atoms with E-state index in [1.54, 1.807) is 0 Å². The molecule has 0 spiro atoms. The van der Waals surface area contributed by atoms with Crippen molar-refractivity contribution in [3.05, 3.63) is 0 Å². The Morgan fingerprint density at radius 3 is 2.31 bits per heavy atom. The van der Waals surface area contributed by atoms with Crippen molar-refractivity contribution in [1.82, 2.24) is 4.90 Å². The van der Waals surface area contributed by atoms with Crippen molar-refractivity contribution in [3.63, 3.8) is 0 Å². The highest BCUT2D eigenvalue weighted by Gasteiger charge is 2.51. The van der Waals surface area contributed by atoms with E-state index >= 15 is 0 Å². The lowest BCUT2D eigenvalue weighted by atomic mass is 9.63. The molecule has 2 rings (SSSR count). The zero-order chi connectivity index (χ0) is 11.8. The zero-order valence-electron chi connectivity index (χ0n) is 11.2. The first kappa shape index (κ1) is 12.4. The summed E-state index contributed by atoms with van der Waals surface area (Å²) in [6.45, 7) is 9.12. The fraction of sp³-hybridized carbons (Fsp3) is 1.00. The molecule has 0 bridgehead atoms. The molecule has 2 fully saturated rings. The van der Waals surface area contributed by atoms with E-state index in [1.165, 1.54) is 38.6 Å². The Morgan fingerprint density at radius 1 is 1.31 bits per heavy atom. The lowest BCUT2D eigenvalue weighted by Gasteiger charge is -2.56. The van der Waals surface area contributed by atoms with E-state index in [0.717, 1.165) is 24.4 Å². The van der Waals surface area contributed by atoms with Crippen LogP contribution in [0.25, 0.3) is 0 Å². The highest BCUT2D eigenvalue weighted by Crippen LogP contribution is 2.49. The van der Waals surface area contributed by atoms with E-state index in [9.17, 15) is 0 Å². The molecular weight excluding hydrogens is 196 g/mol. The largest absolute Gasteiger partial charge is 0.329 e. The van der Waals surface area contributed by atoms with Gasteiger partial charge in [-0.2, -0.15) is 0 Å². The fourth-order valence-electron chi connectivity index (χ4n) is 3.34. The Hall–Kier alpha value is -0.0800. The minimum absolute atomic E-state index is 0.381. The summed E-state index contributed by atoms with van der Waals surface area (Å²) in [4.78, 5) is 2.76. The van der Waals surface area contributed by atoms with Gasteiger partial charge in [-0.05, 0) is 50.5 Å². The quantitative estimate of drug-likeness (QED) is 0.751. The molecule has 0 aromatic rings. The Bertz CT molecular complexity index is 227. The van der Waals surface area contributed by atoms with Crippen LogP contribution in [-0.4, -0.2) is 29.6 Å². The number of nitrogens with two attached hydrogens (primary N) is 1. The first-order valence-electron chi connectivity index (χ1n) is 7.10. The van der Waals surface area contributed by atoms with Gasteiger partial charge in [0.25, 0.3) is 0 Å². The molecule has 0 atom stereocenters. The summed E-state index contributed by atoms with van der Waals surface area (Å²) in [5.41, 5.74) is 6.47. The van der Waals surface area contributed by atoms with Crippen LogP contribution in [0.15, 0.2) is 0 Å². The molecule has 2 aliphatic carbocycles. The number of hydrogen-bond acceptors (Lipinski definition) is 2. The molecule has 0 radical (unpaired) electrons. The molecule has 0 saturated heterocycles. The summed E-state index contributed by atoms with van der Waals surface area (Å²) in [5.74, 6) is 1.75. The van der Waals surface area contributed by atoms with Gasteiger partial charge in [-0.25, -0.2) is 0 Å². The van der Waals surface area contributed by atoms with E-state index in [-0.39, 0.29) is 0 Å². The Kier molecular flexibility index (Phi) is 3.60. The number of nitrogens with zero attached hydrogens (tertiary/aromatic N) is 1. The fourth-order valence-corrected chi connectivity index (χ4v) is 3.34. The molecule has 94 valence electrons. The molecule has 0 aliphatic heterocycles. The third kappa shape index (κ3) is 2.14. The van der Waals surface area contributed by atoms with Crippen molar-refractivity contribution < 1.29 is 0 Å². The Labute approximate surface area is 101 Å². The average molecular weight is 224 g/mol. The highest BCUT2D eigenvalue weighted by atomic mass is 15.3. The van der Waals surface area contributed by atoms with Gasteiger partial charge in [0.2, 0.25) is 0 Å². The molecule has 2 heteroatoms. The predicted octanol–water partition coefficient (Wildman–Crippen LogP) is 2.62. The van der Waals surface area contributed by atoms with Crippen LogP contribution in [-0.2, 0) is 0 Å². The van der Waals surface area contributed by atoms with E-state index in [4.69, 9.17) is 5.73 Å². The van der Waals surface area contributed by atoms with Crippen molar-refractivity contribution in [3.8, 4) is 0 Å². The normalized spacial score (nSPS) is 34.5. The van der Waals surface area contributed by atoms with Crippen LogP contribution in [0.3, 0.4) is 0 Å². The van der Waals surface area contributed by atoms with Crippen molar-refractivity contribution in [1.29, 1.82) is 0 Å². The number of hydrogen-bond donors (Lipinski definition) is 1. The van der Waals surface area contributed by atoms with E-state index in [0.29, 0.717) is 5.54 Å². The highest BCUT2D eigenvalue weighted by molar-refractivity contribution is 5.07. The third-order valence-corrected chi connectivity index (χ3v) is 4.67. The van der Waals surface area contributed by atoms with Crippen LogP contribution in [0.4, 0.5) is 0 Å². The van der Waals surface area contributed by atoms with Crippen molar-refractivity contribution in [2.24, 2.45) is 17.6 Å². The van der Waals surface area contributed by atoms with Crippen molar-refractivity contribution >= 4 is 0 Å². The summed E-state index contributed by atoms with van der Waals surface area (Å²) in [6, 6.07) is 0.872. The predicted molar refractivity (Wildman–Crippen MR) is 69.4 cm³/mol. The van der Waals surface area contributed by atoms with Crippen LogP contribution in [0.1, 0.15) is 52.9 Å². The summed E-state index contributed by atoms with van der Waals surface area (Å²) in [5, 5.41) is 0. The van der Waals surface area contributed by atoms with E-state index in [2.05, 4.69) is 25.7 Å². The van der Waals surface area contributed by atoms with Crippen LogP contribution in [0.2, 0.25) is 0 Å². The van der Waals surface area contributed by atoms with Crippen LogP contribution in [0, 0.1) is 11.8 Å². The van der Waals surface area contributed by atoms with Gasteiger partial charge in [0.1, 0.15) is 0 Å². The van der Waals surface area contributed by atoms with Gasteiger partial charge in [0.05, 0.1) is 0 Å². The first-order chi connectivity index (χ1) is 7.63. The maximum absolute atomic E-state index is 6.09. The van der Waals surface area contributed by atoms with Crippen LogP contribution >= 0.6 is 0 Å². The van der Waals surface area contributed by atoms with E-state index < -0.39 is 0 Å². The molecule has 0 aromatic carbocycles. The summed E-state index contributed by atoms with van der Waals surface area (Å²) in [7, 11) is 0. The second-order valence-electron chi connectivity index (χ2n) is 6.27. The van der Waals surface area contributed by atoms with Gasteiger partial charge < -0.3 is 5.73 Å². The van der Waals surface area contributed by atoms with Gasteiger partial charge in [-0.15, -0.1) is 0 Å². The van der Waals surface area contributed by atoms with Crippen molar-refractivity contribution in [2.45, 2.75) is 64.5 Å². The SMILES string of the molecule is CCCN(C1CC1)C1(CN)CC(C(C)C)C1. The first-order valence-corrected chi connectivity index (χ1v) is 7.10. The number of rotatable bonds is 6. The molecule has 2 saturated carbocycles. The molecule has 2 aliphatic rings. The molecule has 0 heterocycles. The molecule has 0 amide bonds. The van der Waals surface area contributed by atoms with Gasteiger partial charge in [-0.1, -0.05) is 20.8 Å². The maximum Gasteiger partial charge on any atom is 0.0340 e. The molecular formula is C14H28N2. The lowest BCUT2D eigenvalue weighted by Crippen LogP contribution is -2.63. The second-order valence-corrected chi connectivity index (χ2v) is 6.27. The molecule has 16 heavy (non-hydrogen) atoms. The van der Waals surface area contributed by atoms with Crippen LogP contribution in [0.5, 0.6) is 0 Å². The van der Waals surface area contributed by atoms with Gasteiger partial charge in [-0.3, -0.25) is 4.90 Å². The minimum Gasteiger partial charge on any atom is -0.329 e. The average Bonchev–Trinajstić information content (AvgIpc) is 2.98. The summed E-state index contributed by atoms with van der Waals surface area (Å²) in [6.07, 6.45) is 6.78. The minimum atomic E-state index is 0.381. The zero-order valence-corrected chi connectivity index (χ0v) is 11.2. The maximum atomic E-state index is 6.09.